The number of halogens is 2. The summed E-state index contributed by atoms with van der Waals surface area (Å²) < 4.78 is 18.5. The molecule has 4 nitrogen and oxygen atoms in total. The average molecular weight is 507 g/mol. The number of hydrogen-bond acceptors (Lipinski definition) is 4. The summed E-state index contributed by atoms with van der Waals surface area (Å²) >= 11 is 12.6. The first-order valence-electron chi connectivity index (χ1n) is 11.1. The van der Waals surface area contributed by atoms with E-state index in [0.717, 1.165) is 19.3 Å². The van der Waals surface area contributed by atoms with Gasteiger partial charge in [-0.1, -0.05) is 50.0 Å². The Bertz CT molecular complexity index is 872. The molecule has 2 aromatic carbocycles. The molecule has 0 aliphatic heterocycles. The van der Waals surface area contributed by atoms with Crippen molar-refractivity contribution in [3.8, 4) is 17.2 Å². The van der Waals surface area contributed by atoms with Gasteiger partial charge < -0.3 is 14.2 Å². The van der Waals surface area contributed by atoms with Crippen molar-refractivity contribution in [2.75, 3.05) is 0 Å². The summed E-state index contributed by atoms with van der Waals surface area (Å²) in [5, 5.41) is 1.36. The van der Waals surface area contributed by atoms with Crippen LogP contribution in [0.1, 0.15) is 71.2 Å². The second kappa shape index (κ2) is 14.5. The molecule has 0 bridgehead atoms. The summed E-state index contributed by atoms with van der Waals surface area (Å²) in [5.74, 6) is 1.84. The van der Waals surface area contributed by atoms with E-state index in [9.17, 15) is 4.79 Å². The molecule has 4 unspecified atom stereocenters. The molecule has 0 aromatic heterocycles. The van der Waals surface area contributed by atoms with Crippen LogP contribution < -0.4 is 19.5 Å². The summed E-state index contributed by atoms with van der Waals surface area (Å²) in [6.07, 6.45) is 2.49. The maximum atomic E-state index is 13.3. The molecule has 0 N–H and O–H groups in total. The number of carbonyl (C=O) groups is 1. The number of rotatable bonds is 12. The van der Waals surface area contributed by atoms with Gasteiger partial charge in [0.15, 0.2) is 5.52 Å². The van der Waals surface area contributed by atoms with Crippen LogP contribution in [0.25, 0.3) is 0 Å². The summed E-state index contributed by atoms with van der Waals surface area (Å²) in [5.41, 5.74) is 0.150. The van der Waals surface area contributed by atoms with Crippen LogP contribution in [0, 0.1) is 0 Å². The number of ether oxygens (including phenoxy) is 3. The van der Waals surface area contributed by atoms with Gasteiger partial charge in [-0.2, -0.15) is 0 Å². The molecule has 0 heterocycles. The zero-order chi connectivity index (χ0) is 23.8. The second-order valence-electron chi connectivity index (χ2n) is 7.86. The van der Waals surface area contributed by atoms with Crippen LogP contribution in [-0.4, -0.2) is 42.7 Å². The predicted octanol–water partition coefficient (Wildman–Crippen LogP) is 7.02. The Balaban J connectivity index is 0.00000544. The minimum atomic E-state index is -0.273. The third kappa shape index (κ3) is 8.68. The van der Waals surface area contributed by atoms with Crippen molar-refractivity contribution in [2.24, 2.45) is 0 Å². The minimum absolute atomic E-state index is 0. The van der Waals surface area contributed by atoms with E-state index >= 15 is 0 Å². The summed E-state index contributed by atoms with van der Waals surface area (Å²) in [6.45, 7) is 12.2. The molecule has 33 heavy (non-hydrogen) atoms. The van der Waals surface area contributed by atoms with Crippen LogP contribution >= 0.6 is 31.8 Å². The zero-order valence-corrected chi connectivity index (χ0v) is 22.1. The van der Waals surface area contributed by atoms with Crippen molar-refractivity contribution in [1.82, 2.24) is 0 Å². The van der Waals surface area contributed by atoms with Gasteiger partial charge >= 0.3 is 18.9 Å². The Labute approximate surface area is 222 Å². The van der Waals surface area contributed by atoms with Gasteiger partial charge in [-0.05, 0) is 60.7 Å². The van der Waals surface area contributed by atoms with Crippen LogP contribution in [0.15, 0.2) is 30.3 Å². The third-order valence-electron chi connectivity index (χ3n) is 5.19. The first-order chi connectivity index (χ1) is 15.2. The Morgan fingerprint density at radius 3 is 1.70 bits per heavy atom. The molecular formula is C25H34Cl2LiO4P. The third-order valence-corrected chi connectivity index (χ3v) is 7.04. The second-order valence-corrected chi connectivity index (χ2v) is 9.87. The predicted molar refractivity (Wildman–Crippen MR) is 143 cm³/mol. The molecule has 4 atom stereocenters. The molecule has 2 rings (SSSR count). The number of benzene rings is 2. The molecule has 0 radical (unpaired) electrons. The van der Waals surface area contributed by atoms with Crippen molar-refractivity contribution in [3.63, 3.8) is 0 Å². The van der Waals surface area contributed by atoms with Crippen molar-refractivity contribution < 1.29 is 19.0 Å². The molecule has 0 amide bonds. The van der Waals surface area contributed by atoms with Gasteiger partial charge in [0.25, 0.3) is 0 Å². The van der Waals surface area contributed by atoms with E-state index in [1.54, 1.807) is 18.2 Å². The molecule has 0 aliphatic rings. The van der Waals surface area contributed by atoms with E-state index in [2.05, 4.69) is 20.8 Å². The number of hydrogen-bond donors (Lipinski definition) is 0. The van der Waals surface area contributed by atoms with Gasteiger partial charge in [-0.15, -0.1) is 0 Å². The van der Waals surface area contributed by atoms with Crippen LogP contribution in [0.2, 0.25) is 10.0 Å². The summed E-state index contributed by atoms with van der Waals surface area (Å²) in [4.78, 5) is 13.3. The molecule has 0 spiro atoms. The van der Waals surface area contributed by atoms with E-state index < -0.39 is 0 Å². The summed E-state index contributed by atoms with van der Waals surface area (Å²) in [6, 6.07) is 8.76. The monoisotopic (exact) mass is 506 g/mol. The van der Waals surface area contributed by atoms with Gasteiger partial charge in [0.2, 0.25) is 0 Å². The molecular weight excluding hydrogens is 473 g/mol. The molecule has 8 heteroatoms. The van der Waals surface area contributed by atoms with E-state index in [1.165, 1.54) is 0 Å². The Morgan fingerprint density at radius 2 is 1.27 bits per heavy atom. The SMILES string of the molecule is CCC(C)Oc1cc(OC(C)CC)c(PC(=O)c2c(Cl)cccc2Cl)c(OC(C)CC)c1.[LiH]. The number of carbonyl (C=O) groups excluding carboxylic acids is 1. The molecule has 0 aliphatic carbocycles. The Kier molecular flexibility index (Phi) is 13.2. The quantitative estimate of drug-likeness (QED) is 0.229. The van der Waals surface area contributed by atoms with Gasteiger partial charge in [-0.25, -0.2) is 0 Å². The molecule has 0 saturated carbocycles. The fourth-order valence-electron chi connectivity index (χ4n) is 2.75. The van der Waals surface area contributed by atoms with Gasteiger partial charge in [0.05, 0.1) is 39.2 Å². The van der Waals surface area contributed by atoms with E-state index in [4.69, 9.17) is 37.4 Å². The van der Waals surface area contributed by atoms with E-state index in [1.807, 2.05) is 32.9 Å². The Morgan fingerprint density at radius 1 is 0.848 bits per heavy atom. The van der Waals surface area contributed by atoms with Crippen molar-refractivity contribution in [3.05, 3.63) is 45.9 Å². The van der Waals surface area contributed by atoms with Crippen LogP contribution in [-0.2, 0) is 0 Å². The van der Waals surface area contributed by atoms with Crippen molar-refractivity contribution in [1.29, 1.82) is 0 Å². The van der Waals surface area contributed by atoms with Gasteiger partial charge in [-0.3, -0.25) is 4.79 Å². The standard InChI is InChI=1S/C25H33Cl2O4P.Li.H/c1-7-15(4)29-18-13-21(30-16(5)8-2)24(22(14-18)31-17(6)9-3)32-25(28)23-19(26)11-10-12-20(23)27;;/h10-17,32H,7-9H2,1-6H3;;. The van der Waals surface area contributed by atoms with E-state index in [-0.39, 0.29) is 51.3 Å². The maximum absolute atomic E-state index is 13.3. The topological polar surface area (TPSA) is 44.8 Å². The molecule has 178 valence electrons. The van der Waals surface area contributed by atoms with Crippen molar-refractivity contribution >= 4 is 61.5 Å². The fourth-order valence-corrected chi connectivity index (χ4v) is 4.61. The zero-order valence-electron chi connectivity index (χ0n) is 19.6. The average Bonchev–Trinajstić information content (AvgIpc) is 2.75. The van der Waals surface area contributed by atoms with Crippen LogP contribution in [0.3, 0.4) is 0 Å². The Hall–Kier alpha value is -0.883. The first-order valence-corrected chi connectivity index (χ1v) is 12.9. The van der Waals surface area contributed by atoms with Crippen LogP contribution in [0.4, 0.5) is 0 Å². The van der Waals surface area contributed by atoms with Gasteiger partial charge in [0, 0.05) is 12.1 Å². The first kappa shape index (κ1) is 30.1. The molecule has 0 fully saturated rings. The van der Waals surface area contributed by atoms with Gasteiger partial charge in [0.1, 0.15) is 17.2 Å². The fraction of sp³-hybridized carbons (Fsp3) is 0.480. The van der Waals surface area contributed by atoms with Crippen molar-refractivity contribution in [2.45, 2.75) is 79.1 Å². The van der Waals surface area contributed by atoms with E-state index in [0.29, 0.717) is 38.2 Å². The molecule has 0 saturated heterocycles. The van der Waals surface area contributed by atoms with Crippen LogP contribution in [0.5, 0.6) is 17.2 Å². The summed E-state index contributed by atoms with van der Waals surface area (Å²) in [7, 11) is -0.273. The normalized spacial score (nSPS) is 13.8. The molecule has 2 aromatic rings.